The lowest BCUT2D eigenvalue weighted by Gasteiger charge is -2.16. The molecule has 1 unspecified atom stereocenters. The summed E-state index contributed by atoms with van der Waals surface area (Å²) < 4.78 is 56.5. The second-order valence-corrected chi connectivity index (χ2v) is 4.52. The highest BCUT2D eigenvalue weighted by Crippen LogP contribution is 2.28. The fraction of sp³-hybridized carbons (Fsp3) is 0.200. The first kappa shape index (κ1) is 15.3. The van der Waals surface area contributed by atoms with E-state index in [9.17, 15) is 17.6 Å². The molecule has 0 saturated heterocycles. The largest absolute Gasteiger partial charge is 0.435 e. The molecule has 0 bridgehead atoms. The number of benzene rings is 2. The van der Waals surface area contributed by atoms with Crippen LogP contribution in [0, 0.1) is 18.6 Å². The average Bonchev–Trinajstić information content (AvgIpc) is 2.43. The molecule has 0 aliphatic heterocycles. The first-order chi connectivity index (χ1) is 9.90. The van der Waals surface area contributed by atoms with Gasteiger partial charge in [0, 0.05) is 5.56 Å². The van der Waals surface area contributed by atoms with E-state index in [1.54, 1.807) is 0 Å². The van der Waals surface area contributed by atoms with Crippen molar-refractivity contribution in [2.75, 3.05) is 0 Å². The minimum absolute atomic E-state index is 0.119. The number of aryl methyl sites for hydroxylation is 1. The van der Waals surface area contributed by atoms with Gasteiger partial charge in [0.25, 0.3) is 0 Å². The van der Waals surface area contributed by atoms with Crippen LogP contribution in [0.15, 0.2) is 36.4 Å². The predicted molar refractivity (Wildman–Crippen MR) is 70.2 cm³/mol. The van der Waals surface area contributed by atoms with Crippen molar-refractivity contribution in [3.8, 4) is 5.75 Å². The smallest absolute Gasteiger partial charge is 0.387 e. The minimum Gasteiger partial charge on any atom is -0.435 e. The molecule has 21 heavy (non-hydrogen) atoms. The molecule has 0 aliphatic carbocycles. The van der Waals surface area contributed by atoms with Crippen LogP contribution < -0.4 is 10.5 Å². The molecule has 112 valence electrons. The normalized spacial score (nSPS) is 12.5. The summed E-state index contributed by atoms with van der Waals surface area (Å²) in [6.45, 7) is -1.50. The molecule has 2 rings (SSSR count). The summed E-state index contributed by atoms with van der Waals surface area (Å²) in [5.41, 5.74) is 6.09. The lowest BCUT2D eigenvalue weighted by molar-refractivity contribution is -0.0498. The van der Waals surface area contributed by atoms with Crippen LogP contribution in [-0.4, -0.2) is 6.61 Å². The number of hydrogen-bond donors (Lipinski definition) is 1. The Kier molecular flexibility index (Phi) is 4.47. The fourth-order valence-electron chi connectivity index (χ4n) is 2.01. The monoisotopic (exact) mass is 299 g/mol. The number of alkyl halides is 2. The third-order valence-electron chi connectivity index (χ3n) is 3.07. The number of hydrogen-bond acceptors (Lipinski definition) is 2. The molecule has 0 amide bonds. The van der Waals surface area contributed by atoms with Crippen molar-refractivity contribution in [1.82, 2.24) is 0 Å². The highest BCUT2D eigenvalue weighted by Gasteiger charge is 2.20. The summed E-state index contributed by atoms with van der Waals surface area (Å²) in [6.07, 6.45) is 0. The number of halogens is 4. The number of nitrogens with two attached hydrogens (primary N) is 1. The van der Waals surface area contributed by atoms with Gasteiger partial charge in [-0.1, -0.05) is 18.2 Å². The molecule has 0 fully saturated rings. The molecule has 2 aromatic rings. The summed E-state index contributed by atoms with van der Waals surface area (Å²) in [5, 5.41) is 0. The lowest BCUT2D eigenvalue weighted by Crippen LogP contribution is -2.16. The number of rotatable bonds is 4. The van der Waals surface area contributed by atoms with Crippen molar-refractivity contribution in [2.45, 2.75) is 19.6 Å². The Bertz CT molecular complexity index is 646. The van der Waals surface area contributed by atoms with Gasteiger partial charge in [0.1, 0.15) is 17.4 Å². The van der Waals surface area contributed by atoms with Crippen molar-refractivity contribution in [3.05, 3.63) is 64.7 Å². The summed E-state index contributed by atoms with van der Waals surface area (Å²) in [5.74, 6) is -1.65. The summed E-state index contributed by atoms with van der Waals surface area (Å²) in [7, 11) is 0. The van der Waals surface area contributed by atoms with Crippen LogP contribution in [0.4, 0.5) is 17.6 Å². The van der Waals surface area contributed by atoms with Crippen LogP contribution in [-0.2, 0) is 0 Å². The van der Waals surface area contributed by atoms with Gasteiger partial charge in [0.2, 0.25) is 0 Å². The van der Waals surface area contributed by atoms with Crippen molar-refractivity contribution >= 4 is 0 Å². The summed E-state index contributed by atoms with van der Waals surface area (Å²) in [4.78, 5) is 0. The van der Waals surface area contributed by atoms with Crippen LogP contribution in [0.3, 0.4) is 0 Å². The van der Waals surface area contributed by atoms with Gasteiger partial charge in [-0.15, -0.1) is 0 Å². The second kappa shape index (κ2) is 6.13. The van der Waals surface area contributed by atoms with Gasteiger partial charge in [-0.3, -0.25) is 0 Å². The Morgan fingerprint density at radius 3 is 2.48 bits per heavy atom. The van der Waals surface area contributed by atoms with Crippen LogP contribution >= 0.6 is 0 Å². The Balaban J connectivity index is 2.41. The summed E-state index contributed by atoms with van der Waals surface area (Å²) >= 11 is 0. The average molecular weight is 299 g/mol. The Morgan fingerprint density at radius 1 is 1.10 bits per heavy atom. The van der Waals surface area contributed by atoms with Crippen LogP contribution in [0.5, 0.6) is 5.75 Å². The molecule has 2 N–H and O–H groups in total. The molecule has 0 aliphatic rings. The maximum absolute atomic E-state index is 14.0. The molecular weight excluding hydrogens is 286 g/mol. The molecule has 6 heteroatoms. The van der Waals surface area contributed by atoms with Gasteiger partial charge in [-0.25, -0.2) is 8.78 Å². The van der Waals surface area contributed by atoms with E-state index in [-0.39, 0.29) is 22.4 Å². The maximum Gasteiger partial charge on any atom is 0.387 e. The molecule has 0 radical (unpaired) electrons. The third-order valence-corrected chi connectivity index (χ3v) is 3.07. The van der Waals surface area contributed by atoms with Gasteiger partial charge in [-0.2, -0.15) is 8.78 Å². The van der Waals surface area contributed by atoms with Crippen molar-refractivity contribution < 1.29 is 22.3 Å². The molecule has 2 nitrogen and oxygen atoms in total. The molecule has 1 atom stereocenters. The van der Waals surface area contributed by atoms with E-state index in [4.69, 9.17) is 5.73 Å². The molecule has 0 spiro atoms. The van der Waals surface area contributed by atoms with Gasteiger partial charge >= 0.3 is 6.61 Å². The Morgan fingerprint density at radius 2 is 1.81 bits per heavy atom. The van der Waals surface area contributed by atoms with E-state index in [1.807, 2.05) is 0 Å². The van der Waals surface area contributed by atoms with E-state index in [2.05, 4.69) is 4.74 Å². The van der Waals surface area contributed by atoms with Gasteiger partial charge in [0.15, 0.2) is 0 Å². The number of ether oxygens (including phenoxy) is 1. The van der Waals surface area contributed by atoms with E-state index >= 15 is 0 Å². The molecule has 0 aromatic heterocycles. The van der Waals surface area contributed by atoms with Crippen molar-refractivity contribution in [3.63, 3.8) is 0 Å². The first-order valence-corrected chi connectivity index (χ1v) is 6.15. The predicted octanol–water partition coefficient (Wildman–Crippen LogP) is 3.92. The van der Waals surface area contributed by atoms with E-state index in [0.29, 0.717) is 0 Å². The molecule has 0 heterocycles. The van der Waals surface area contributed by atoms with Gasteiger partial charge in [-0.05, 0) is 36.2 Å². The highest BCUT2D eigenvalue weighted by molar-refractivity contribution is 5.39. The minimum atomic E-state index is -2.98. The molecule has 0 saturated carbocycles. The second-order valence-electron chi connectivity index (χ2n) is 4.52. The summed E-state index contributed by atoms with van der Waals surface area (Å²) in [6, 6.07) is 6.77. The Labute approximate surface area is 119 Å². The van der Waals surface area contributed by atoms with Crippen LogP contribution in [0.1, 0.15) is 22.7 Å². The topological polar surface area (TPSA) is 35.2 Å². The van der Waals surface area contributed by atoms with Crippen LogP contribution in [0.25, 0.3) is 0 Å². The standard InChI is InChI=1S/C15H13F4NO/c1-8-5-6-11(16)12(13(8)17)14(20)9-3-2-4-10(7-9)21-15(18)19/h2-7,14-15H,20H2,1H3. The van der Waals surface area contributed by atoms with Crippen molar-refractivity contribution in [1.29, 1.82) is 0 Å². The third kappa shape index (κ3) is 3.33. The highest BCUT2D eigenvalue weighted by atomic mass is 19.3. The van der Waals surface area contributed by atoms with Crippen molar-refractivity contribution in [2.24, 2.45) is 5.73 Å². The SMILES string of the molecule is Cc1ccc(F)c(C(N)c2cccc(OC(F)F)c2)c1F. The lowest BCUT2D eigenvalue weighted by atomic mass is 9.96. The first-order valence-electron chi connectivity index (χ1n) is 6.15. The van der Waals surface area contributed by atoms with E-state index in [1.165, 1.54) is 37.3 Å². The van der Waals surface area contributed by atoms with E-state index < -0.39 is 24.3 Å². The zero-order valence-corrected chi connectivity index (χ0v) is 11.1. The van der Waals surface area contributed by atoms with Gasteiger partial charge in [0.05, 0.1) is 6.04 Å². The van der Waals surface area contributed by atoms with E-state index in [0.717, 1.165) is 6.07 Å². The fourth-order valence-corrected chi connectivity index (χ4v) is 2.01. The Hall–Kier alpha value is -2.08. The quantitative estimate of drug-likeness (QED) is 0.868. The maximum atomic E-state index is 14.0. The molecular formula is C15H13F4NO. The molecule has 2 aromatic carbocycles. The van der Waals surface area contributed by atoms with Crippen LogP contribution in [0.2, 0.25) is 0 Å². The zero-order chi connectivity index (χ0) is 15.6. The zero-order valence-electron chi connectivity index (χ0n) is 11.1. The van der Waals surface area contributed by atoms with Gasteiger partial charge < -0.3 is 10.5 Å².